The molecule has 12 heavy (non-hydrogen) atoms. The summed E-state index contributed by atoms with van der Waals surface area (Å²) < 4.78 is 7.43. The van der Waals surface area contributed by atoms with Crippen molar-refractivity contribution in [1.29, 1.82) is 0 Å². The molecule has 1 aromatic heterocycles. The van der Waals surface area contributed by atoms with Crippen molar-refractivity contribution in [1.82, 2.24) is 9.78 Å². The minimum atomic E-state index is 0.465. The molecule has 3 nitrogen and oxygen atoms in total. The third-order valence-corrected chi connectivity index (χ3v) is 2.22. The van der Waals surface area contributed by atoms with E-state index in [1.54, 1.807) is 0 Å². The van der Waals surface area contributed by atoms with Crippen molar-refractivity contribution >= 4 is 0 Å². The quantitative estimate of drug-likeness (QED) is 0.632. The van der Waals surface area contributed by atoms with Gasteiger partial charge in [-0.05, 0) is 13.8 Å². The fourth-order valence-electron chi connectivity index (χ4n) is 1.61. The second-order valence-corrected chi connectivity index (χ2v) is 3.46. The lowest BCUT2D eigenvalue weighted by molar-refractivity contribution is 0.108. The summed E-state index contributed by atoms with van der Waals surface area (Å²) in [5, 5.41) is 4.33. The largest absolute Gasteiger partial charge is 0.376 e. The van der Waals surface area contributed by atoms with Crippen LogP contribution in [0, 0.1) is 0 Å². The predicted molar refractivity (Wildman–Crippen MR) is 46.0 cm³/mol. The highest BCUT2D eigenvalue weighted by molar-refractivity contribution is 5.19. The molecule has 0 saturated heterocycles. The first-order valence-corrected chi connectivity index (χ1v) is 4.42. The highest BCUT2D eigenvalue weighted by Gasteiger charge is 2.16. The lowest BCUT2D eigenvalue weighted by Gasteiger charge is -2.16. The number of hydrogen-bond donors (Lipinski definition) is 0. The van der Waals surface area contributed by atoms with E-state index in [1.807, 2.05) is 6.20 Å². The fraction of sp³-hybridized carbons (Fsp3) is 0.667. The average molecular weight is 166 g/mol. The summed E-state index contributed by atoms with van der Waals surface area (Å²) >= 11 is 0. The molecule has 0 unspecified atom stereocenters. The van der Waals surface area contributed by atoms with E-state index in [2.05, 4.69) is 23.6 Å². The summed E-state index contributed by atoms with van der Waals surface area (Å²) in [6, 6.07) is 0.465. The van der Waals surface area contributed by atoms with E-state index >= 15 is 0 Å². The van der Waals surface area contributed by atoms with Crippen molar-refractivity contribution in [2.45, 2.75) is 32.9 Å². The molecular weight excluding hydrogens is 152 g/mol. The normalized spacial score (nSPS) is 16.6. The van der Waals surface area contributed by atoms with Crippen LogP contribution in [-0.4, -0.2) is 16.4 Å². The van der Waals surface area contributed by atoms with Crippen LogP contribution in [-0.2, 0) is 17.8 Å². The van der Waals surface area contributed by atoms with Gasteiger partial charge in [0.15, 0.2) is 0 Å². The second kappa shape index (κ2) is 2.90. The molecule has 0 aromatic carbocycles. The highest BCUT2D eigenvalue weighted by atomic mass is 16.5. The molecule has 0 saturated carbocycles. The van der Waals surface area contributed by atoms with Crippen LogP contribution in [0.15, 0.2) is 6.20 Å². The SMILES string of the molecule is CC(C)n1ncc2c1CCOC2. The average Bonchev–Trinajstić information content (AvgIpc) is 2.47. The summed E-state index contributed by atoms with van der Waals surface area (Å²) in [6.07, 6.45) is 2.93. The summed E-state index contributed by atoms with van der Waals surface area (Å²) in [5.74, 6) is 0. The van der Waals surface area contributed by atoms with Crippen molar-refractivity contribution in [2.75, 3.05) is 6.61 Å². The number of ether oxygens (including phenoxy) is 1. The van der Waals surface area contributed by atoms with E-state index in [-0.39, 0.29) is 0 Å². The fourth-order valence-corrected chi connectivity index (χ4v) is 1.61. The van der Waals surface area contributed by atoms with Gasteiger partial charge in [0.05, 0.1) is 19.4 Å². The minimum Gasteiger partial charge on any atom is -0.376 e. The van der Waals surface area contributed by atoms with Crippen LogP contribution < -0.4 is 0 Å². The summed E-state index contributed by atoms with van der Waals surface area (Å²) in [5.41, 5.74) is 2.62. The van der Waals surface area contributed by atoms with Gasteiger partial charge in [0, 0.05) is 23.7 Å². The molecule has 1 aromatic rings. The molecule has 0 atom stereocenters. The van der Waals surface area contributed by atoms with Crippen molar-refractivity contribution in [3.8, 4) is 0 Å². The van der Waals surface area contributed by atoms with Gasteiger partial charge >= 0.3 is 0 Å². The molecule has 0 amide bonds. The monoisotopic (exact) mass is 166 g/mol. The second-order valence-electron chi connectivity index (χ2n) is 3.46. The van der Waals surface area contributed by atoms with Gasteiger partial charge in [-0.2, -0.15) is 5.10 Å². The Morgan fingerprint density at radius 1 is 1.58 bits per heavy atom. The molecule has 0 aliphatic carbocycles. The van der Waals surface area contributed by atoms with Crippen LogP contribution in [0.3, 0.4) is 0 Å². The van der Waals surface area contributed by atoms with Crippen molar-refractivity contribution in [2.24, 2.45) is 0 Å². The number of hydrogen-bond acceptors (Lipinski definition) is 2. The molecule has 66 valence electrons. The van der Waals surface area contributed by atoms with Gasteiger partial charge in [0.25, 0.3) is 0 Å². The van der Waals surface area contributed by atoms with Crippen LogP contribution >= 0.6 is 0 Å². The van der Waals surface area contributed by atoms with Gasteiger partial charge < -0.3 is 4.74 Å². The molecule has 0 fully saturated rings. The Hall–Kier alpha value is -0.830. The highest BCUT2D eigenvalue weighted by Crippen LogP contribution is 2.18. The lowest BCUT2D eigenvalue weighted by Crippen LogP contribution is -2.15. The Kier molecular flexibility index (Phi) is 1.89. The van der Waals surface area contributed by atoms with Gasteiger partial charge in [0.2, 0.25) is 0 Å². The molecule has 0 spiro atoms. The van der Waals surface area contributed by atoms with Crippen LogP contribution in [0.1, 0.15) is 31.1 Å². The maximum Gasteiger partial charge on any atom is 0.0750 e. The Labute approximate surface area is 72.3 Å². The summed E-state index contributed by atoms with van der Waals surface area (Å²) in [7, 11) is 0. The molecule has 1 aliphatic rings. The van der Waals surface area contributed by atoms with Crippen molar-refractivity contribution in [3.63, 3.8) is 0 Å². The minimum absolute atomic E-state index is 0.465. The van der Waals surface area contributed by atoms with Crippen LogP contribution in [0.25, 0.3) is 0 Å². The zero-order valence-electron chi connectivity index (χ0n) is 7.58. The third-order valence-electron chi connectivity index (χ3n) is 2.22. The lowest BCUT2D eigenvalue weighted by atomic mass is 10.1. The van der Waals surface area contributed by atoms with Crippen LogP contribution in [0.5, 0.6) is 0 Å². The van der Waals surface area contributed by atoms with E-state index in [9.17, 15) is 0 Å². The van der Waals surface area contributed by atoms with Crippen molar-refractivity contribution < 1.29 is 4.74 Å². The molecule has 2 heterocycles. The van der Waals surface area contributed by atoms with E-state index < -0.39 is 0 Å². The smallest absolute Gasteiger partial charge is 0.0750 e. The van der Waals surface area contributed by atoms with Gasteiger partial charge in [-0.3, -0.25) is 4.68 Å². The number of rotatable bonds is 1. The topological polar surface area (TPSA) is 27.1 Å². The predicted octanol–water partition coefficient (Wildman–Crippen LogP) is 1.54. The van der Waals surface area contributed by atoms with Crippen LogP contribution in [0.4, 0.5) is 0 Å². The van der Waals surface area contributed by atoms with E-state index in [4.69, 9.17) is 4.74 Å². The number of aromatic nitrogens is 2. The Morgan fingerprint density at radius 2 is 2.42 bits per heavy atom. The first-order chi connectivity index (χ1) is 5.79. The molecule has 3 heteroatoms. The molecule has 1 aliphatic heterocycles. The molecule has 2 rings (SSSR count). The number of fused-ring (bicyclic) bond motifs is 1. The van der Waals surface area contributed by atoms with Gasteiger partial charge in [-0.1, -0.05) is 0 Å². The van der Waals surface area contributed by atoms with E-state index in [1.165, 1.54) is 11.3 Å². The molecule has 0 radical (unpaired) electrons. The van der Waals surface area contributed by atoms with E-state index in [0.717, 1.165) is 19.6 Å². The Balaban J connectivity index is 2.38. The van der Waals surface area contributed by atoms with Gasteiger partial charge in [-0.25, -0.2) is 0 Å². The van der Waals surface area contributed by atoms with Gasteiger partial charge in [-0.15, -0.1) is 0 Å². The first-order valence-electron chi connectivity index (χ1n) is 4.42. The van der Waals surface area contributed by atoms with Crippen molar-refractivity contribution in [3.05, 3.63) is 17.5 Å². The molecule has 0 N–H and O–H groups in total. The van der Waals surface area contributed by atoms with E-state index in [0.29, 0.717) is 6.04 Å². The summed E-state index contributed by atoms with van der Waals surface area (Å²) in [4.78, 5) is 0. The first kappa shape index (κ1) is 7.80. The standard InChI is InChI=1S/C9H14N2O/c1-7(2)11-9-3-4-12-6-8(9)5-10-11/h5,7H,3-4,6H2,1-2H3. The van der Waals surface area contributed by atoms with Crippen LogP contribution in [0.2, 0.25) is 0 Å². The molecule has 0 bridgehead atoms. The molecular formula is C9H14N2O. The maximum absolute atomic E-state index is 5.34. The zero-order chi connectivity index (χ0) is 8.55. The third kappa shape index (κ3) is 1.14. The zero-order valence-corrected chi connectivity index (χ0v) is 7.58. The number of nitrogens with zero attached hydrogens (tertiary/aromatic N) is 2. The Morgan fingerprint density at radius 3 is 3.17 bits per heavy atom. The van der Waals surface area contributed by atoms with Gasteiger partial charge in [0.1, 0.15) is 0 Å². The Bertz CT molecular complexity index is 278. The maximum atomic E-state index is 5.34. The summed E-state index contributed by atoms with van der Waals surface area (Å²) in [6.45, 7) is 5.89.